The van der Waals surface area contributed by atoms with Crippen molar-refractivity contribution in [2.75, 3.05) is 13.1 Å². The molecule has 0 radical (unpaired) electrons. The highest BCUT2D eigenvalue weighted by atomic mass is 16.6. The summed E-state index contributed by atoms with van der Waals surface area (Å²) in [5, 5.41) is 6.33. The molecule has 3 amide bonds. The quantitative estimate of drug-likeness (QED) is 0.795. The summed E-state index contributed by atoms with van der Waals surface area (Å²) in [5.41, 5.74) is 0.495. The highest BCUT2D eigenvalue weighted by molar-refractivity contribution is 5.90. The number of hydrogen-bond donors (Lipinski definition) is 2. The summed E-state index contributed by atoms with van der Waals surface area (Å²) in [5.74, 6) is 0.623. The topological polar surface area (TPSA) is 87.7 Å². The maximum Gasteiger partial charge on any atom is 0.410 e. The molecule has 2 aliphatic carbocycles. The summed E-state index contributed by atoms with van der Waals surface area (Å²) in [4.78, 5) is 39.7. The summed E-state index contributed by atoms with van der Waals surface area (Å²) in [7, 11) is 0. The minimum atomic E-state index is -0.461. The van der Waals surface area contributed by atoms with Crippen molar-refractivity contribution in [3.05, 3.63) is 35.9 Å². The van der Waals surface area contributed by atoms with Crippen molar-refractivity contribution >= 4 is 17.9 Å². The first-order chi connectivity index (χ1) is 14.5. The van der Waals surface area contributed by atoms with Crippen molar-refractivity contribution in [2.24, 2.45) is 17.3 Å². The van der Waals surface area contributed by atoms with E-state index in [0.29, 0.717) is 25.4 Å². The molecule has 4 fully saturated rings. The fourth-order valence-electron chi connectivity index (χ4n) is 6.06. The molecular formula is C23H29N3O4. The van der Waals surface area contributed by atoms with E-state index in [1.54, 1.807) is 4.90 Å². The molecular weight excluding hydrogens is 382 g/mol. The summed E-state index contributed by atoms with van der Waals surface area (Å²) in [6, 6.07) is 9.52. The van der Waals surface area contributed by atoms with Crippen LogP contribution < -0.4 is 10.6 Å². The molecule has 2 heterocycles. The Kier molecular flexibility index (Phi) is 4.91. The number of carbonyl (C=O) groups excluding carboxylic acids is 3. The van der Waals surface area contributed by atoms with E-state index in [-0.39, 0.29) is 42.5 Å². The molecule has 2 saturated carbocycles. The van der Waals surface area contributed by atoms with Gasteiger partial charge in [-0.1, -0.05) is 30.3 Å². The van der Waals surface area contributed by atoms with Gasteiger partial charge in [-0.15, -0.1) is 0 Å². The zero-order valence-corrected chi connectivity index (χ0v) is 17.1. The Labute approximate surface area is 176 Å². The van der Waals surface area contributed by atoms with Crippen LogP contribution in [0.5, 0.6) is 0 Å². The van der Waals surface area contributed by atoms with Gasteiger partial charge >= 0.3 is 6.09 Å². The second-order valence-electron chi connectivity index (χ2n) is 9.46. The van der Waals surface area contributed by atoms with Crippen molar-refractivity contribution in [3.8, 4) is 0 Å². The van der Waals surface area contributed by atoms with Crippen LogP contribution in [0.15, 0.2) is 30.3 Å². The molecule has 2 N–H and O–H groups in total. The Bertz CT molecular complexity index is 844. The normalized spacial score (nSPS) is 34.4. The Morgan fingerprint density at radius 1 is 1.20 bits per heavy atom. The lowest BCUT2D eigenvalue weighted by Crippen LogP contribution is -2.61. The number of benzene rings is 1. The molecule has 160 valence electrons. The smallest absolute Gasteiger partial charge is 0.410 e. The number of likely N-dealkylation sites (tertiary alicyclic amines) is 1. The van der Waals surface area contributed by atoms with Crippen LogP contribution in [0, 0.1) is 17.3 Å². The molecule has 7 nitrogen and oxygen atoms in total. The van der Waals surface area contributed by atoms with Gasteiger partial charge < -0.3 is 20.3 Å². The molecule has 4 aliphatic rings. The first-order valence-electron chi connectivity index (χ1n) is 11.1. The minimum Gasteiger partial charge on any atom is -0.445 e. The monoisotopic (exact) mass is 411 g/mol. The van der Waals surface area contributed by atoms with Crippen LogP contribution in [-0.4, -0.2) is 48.0 Å². The third-order valence-corrected chi connectivity index (χ3v) is 7.48. The lowest BCUT2D eigenvalue weighted by molar-refractivity contribution is -0.144. The van der Waals surface area contributed by atoms with E-state index in [4.69, 9.17) is 4.74 Å². The standard InChI is InChI=1S/C23H29N3O4/c27-20-17-9-16-10-19(25-20)23(11-16,12-17)21(28)24-18-7-4-8-26(13-18)22(29)30-14-15-5-2-1-3-6-15/h1-3,5-6,16-19H,4,7-14H2,(H,24,28)(H,25,27)/t16?,17?,18-,19?,23?/m0/s1. The number of rotatable bonds is 4. The molecule has 2 aliphatic heterocycles. The summed E-state index contributed by atoms with van der Waals surface area (Å²) in [6.45, 7) is 1.37. The molecule has 1 aromatic carbocycles. The number of nitrogens with one attached hydrogen (secondary N) is 2. The molecule has 5 rings (SSSR count). The van der Waals surface area contributed by atoms with Crippen LogP contribution in [0.1, 0.15) is 44.1 Å². The summed E-state index contributed by atoms with van der Waals surface area (Å²) < 4.78 is 5.46. The molecule has 3 bridgehead atoms. The van der Waals surface area contributed by atoms with Crippen LogP contribution in [0.4, 0.5) is 4.79 Å². The molecule has 1 aromatic rings. The highest BCUT2D eigenvalue weighted by Gasteiger charge is 2.61. The van der Waals surface area contributed by atoms with E-state index in [1.807, 2.05) is 30.3 Å². The Morgan fingerprint density at radius 3 is 2.87 bits per heavy atom. The van der Waals surface area contributed by atoms with Gasteiger partial charge in [-0.05, 0) is 50.0 Å². The summed E-state index contributed by atoms with van der Waals surface area (Å²) >= 11 is 0. The second-order valence-corrected chi connectivity index (χ2v) is 9.46. The molecule has 0 aromatic heterocycles. The van der Waals surface area contributed by atoms with Gasteiger partial charge in [-0.25, -0.2) is 4.79 Å². The number of amides is 3. The highest BCUT2D eigenvalue weighted by Crippen LogP contribution is 2.56. The third kappa shape index (κ3) is 3.44. The van der Waals surface area contributed by atoms with E-state index in [1.165, 1.54) is 0 Å². The Hall–Kier alpha value is -2.57. The first kappa shape index (κ1) is 19.4. The number of nitrogens with zero attached hydrogens (tertiary/aromatic N) is 1. The van der Waals surface area contributed by atoms with Crippen LogP contribution in [0.2, 0.25) is 0 Å². The van der Waals surface area contributed by atoms with Gasteiger partial charge in [0.1, 0.15) is 6.61 Å². The number of piperidine rings is 2. The van der Waals surface area contributed by atoms with Gasteiger partial charge in [-0.3, -0.25) is 9.59 Å². The van der Waals surface area contributed by atoms with Gasteiger partial charge in [0.15, 0.2) is 0 Å². The maximum absolute atomic E-state index is 13.3. The second kappa shape index (κ2) is 7.60. The SMILES string of the molecule is O=C1NC2CC3CC1CC2(C(=O)N[C@H]1CCCN(C(=O)OCc2ccccc2)C1)C3. The average molecular weight is 412 g/mol. The van der Waals surface area contributed by atoms with Crippen molar-refractivity contribution in [2.45, 2.75) is 57.2 Å². The van der Waals surface area contributed by atoms with Crippen LogP contribution in [0.3, 0.4) is 0 Å². The largest absolute Gasteiger partial charge is 0.445 e. The molecule has 5 atom stereocenters. The number of fused-ring (bicyclic) bond motifs is 2. The van der Waals surface area contributed by atoms with Crippen molar-refractivity contribution in [1.82, 2.24) is 15.5 Å². The first-order valence-corrected chi connectivity index (χ1v) is 11.1. The van der Waals surface area contributed by atoms with E-state index in [9.17, 15) is 14.4 Å². The minimum absolute atomic E-state index is 0.0240. The van der Waals surface area contributed by atoms with E-state index >= 15 is 0 Å². The molecule has 7 heteroatoms. The number of carbonyl (C=O) groups is 3. The fourth-order valence-corrected chi connectivity index (χ4v) is 6.06. The lowest BCUT2D eigenvalue weighted by atomic mass is 9.66. The van der Waals surface area contributed by atoms with Crippen molar-refractivity contribution in [3.63, 3.8) is 0 Å². The van der Waals surface area contributed by atoms with Gasteiger partial charge in [0.25, 0.3) is 0 Å². The zero-order chi connectivity index (χ0) is 20.7. The van der Waals surface area contributed by atoms with Gasteiger partial charge in [-0.2, -0.15) is 0 Å². The van der Waals surface area contributed by atoms with Crippen molar-refractivity contribution in [1.29, 1.82) is 0 Å². The Balaban J connectivity index is 1.18. The van der Waals surface area contributed by atoms with Gasteiger partial charge in [0.2, 0.25) is 11.8 Å². The van der Waals surface area contributed by atoms with Crippen LogP contribution >= 0.6 is 0 Å². The molecule has 4 unspecified atom stereocenters. The van der Waals surface area contributed by atoms with Gasteiger partial charge in [0.05, 0.1) is 5.41 Å². The summed E-state index contributed by atoms with van der Waals surface area (Å²) in [6.07, 6.45) is 4.73. The zero-order valence-electron chi connectivity index (χ0n) is 17.1. The van der Waals surface area contributed by atoms with E-state index < -0.39 is 5.41 Å². The number of ether oxygens (including phenoxy) is 1. The van der Waals surface area contributed by atoms with Crippen molar-refractivity contribution < 1.29 is 19.1 Å². The average Bonchev–Trinajstić information content (AvgIpc) is 2.95. The molecule has 30 heavy (non-hydrogen) atoms. The van der Waals surface area contributed by atoms with Crippen LogP contribution in [-0.2, 0) is 20.9 Å². The third-order valence-electron chi connectivity index (χ3n) is 7.48. The van der Waals surface area contributed by atoms with E-state index in [0.717, 1.165) is 37.7 Å². The Morgan fingerprint density at radius 2 is 2.03 bits per heavy atom. The van der Waals surface area contributed by atoms with E-state index in [2.05, 4.69) is 10.6 Å². The molecule has 2 saturated heterocycles. The predicted octanol–water partition coefficient (Wildman–Crippen LogP) is 2.21. The lowest BCUT2D eigenvalue weighted by Gasteiger charge is -2.44. The fraction of sp³-hybridized carbons (Fsp3) is 0.609. The van der Waals surface area contributed by atoms with Crippen LogP contribution in [0.25, 0.3) is 0 Å². The number of hydrogen-bond acceptors (Lipinski definition) is 4. The maximum atomic E-state index is 13.3. The van der Waals surface area contributed by atoms with Gasteiger partial charge in [0, 0.05) is 31.1 Å². The molecule has 0 spiro atoms. The predicted molar refractivity (Wildman–Crippen MR) is 109 cm³/mol.